The smallest absolute Gasteiger partial charge is 0.360 e. The first-order chi connectivity index (χ1) is 11.2. The zero-order valence-corrected chi connectivity index (χ0v) is 13.3. The minimum atomic E-state index is -0.821. The van der Waals surface area contributed by atoms with Gasteiger partial charge in [0, 0.05) is 32.5 Å². The summed E-state index contributed by atoms with van der Waals surface area (Å²) in [7, 11) is 3.38. The number of aromatic hydroxyl groups is 1. The van der Waals surface area contributed by atoms with E-state index >= 15 is 0 Å². The van der Waals surface area contributed by atoms with Crippen LogP contribution in [0.5, 0.6) is 5.75 Å². The van der Waals surface area contributed by atoms with Gasteiger partial charge in [0.15, 0.2) is 0 Å². The Kier molecular flexibility index (Phi) is 6.48. The largest absolute Gasteiger partial charge is 0.508 e. The predicted molar refractivity (Wildman–Crippen MR) is 86.7 cm³/mol. The zero-order chi connectivity index (χ0) is 18.3. The van der Waals surface area contributed by atoms with E-state index in [-0.39, 0.29) is 17.0 Å². The molecule has 1 heterocycles. The van der Waals surface area contributed by atoms with Crippen LogP contribution in [-0.4, -0.2) is 42.5 Å². The van der Waals surface area contributed by atoms with Crippen LogP contribution in [0.3, 0.4) is 0 Å². The summed E-state index contributed by atoms with van der Waals surface area (Å²) in [5.74, 6) is -0.585. The lowest BCUT2D eigenvalue weighted by Crippen LogP contribution is -2.33. The van der Waals surface area contributed by atoms with Crippen molar-refractivity contribution < 1.29 is 23.9 Å². The normalized spacial score (nSPS) is 9.46. The Bertz CT molecular complexity index is 812. The van der Waals surface area contributed by atoms with Gasteiger partial charge in [0.05, 0.1) is 0 Å². The summed E-state index contributed by atoms with van der Waals surface area (Å²) in [5, 5.41) is 14.0. The minimum absolute atomic E-state index is 0.0364. The van der Waals surface area contributed by atoms with Gasteiger partial charge in [-0.05, 0) is 18.2 Å². The molecule has 9 heteroatoms. The summed E-state index contributed by atoms with van der Waals surface area (Å²) in [6.45, 7) is 1.17. The van der Waals surface area contributed by atoms with Gasteiger partial charge in [-0.3, -0.25) is 14.9 Å². The van der Waals surface area contributed by atoms with Gasteiger partial charge in [-0.25, -0.2) is 9.59 Å². The molecule has 9 nitrogen and oxygen atoms in total. The van der Waals surface area contributed by atoms with Crippen LogP contribution >= 0.6 is 0 Å². The number of nitrogens with zero attached hydrogens (tertiary/aromatic N) is 1. The highest BCUT2D eigenvalue weighted by Crippen LogP contribution is 2.20. The Labute approximate surface area is 136 Å². The maximum atomic E-state index is 11.6. The lowest BCUT2D eigenvalue weighted by molar-refractivity contribution is -0.118. The maximum Gasteiger partial charge on any atom is 0.360 e. The summed E-state index contributed by atoms with van der Waals surface area (Å²) >= 11 is 0. The molecule has 2 rings (SSSR count). The van der Waals surface area contributed by atoms with Gasteiger partial charge in [-0.15, -0.1) is 0 Å². The van der Waals surface area contributed by atoms with E-state index in [1.54, 1.807) is 14.1 Å². The number of carbonyl (C=O) groups excluding carboxylic acids is 3. The molecule has 1 aromatic carbocycles. The van der Waals surface area contributed by atoms with Crippen molar-refractivity contribution in [1.29, 1.82) is 0 Å². The number of benzene rings is 1. The number of urea groups is 1. The van der Waals surface area contributed by atoms with E-state index in [4.69, 9.17) is 4.42 Å². The Balaban J connectivity index is 0.000000505. The number of nitrogens with one attached hydrogen (secondary N) is 2. The van der Waals surface area contributed by atoms with Crippen molar-refractivity contribution in [2.75, 3.05) is 19.4 Å². The van der Waals surface area contributed by atoms with Crippen LogP contribution in [0.25, 0.3) is 11.0 Å². The Morgan fingerprint density at radius 1 is 1.25 bits per heavy atom. The fourth-order valence-corrected chi connectivity index (χ4v) is 1.50. The number of hydrogen-bond donors (Lipinski definition) is 3. The minimum Gasteiger partial charge on any atom is -0.508 e. The van der Waals surface area contributed by atoms with Crippen molar-refractivity contribution in [2.24, 2.45) is 0 Å². The van der Waals surface area contributed by atoms with Gasteiger partial charge >= 0.3 is 11.7 Å². The quantitative estimate of drug-likeness (QED) is 0.552. The molecule has 128 valence electrons. The molecule has 3 N–H and O–H groups in total. The highest BCUT2D eigenvalue weighted by molar-refractivity contribution is 6.00. The third kappa shape index (κ3) is 5.79. The van der Waals surface area contributed by atoms with Crippen molar-refractivity contribution in [1.82, 2.24) is 10.2 Å². The zero-order valence-electron chi connectivity index (χ0n) is 13.3. The molecule has 0 aliphatic rings. The molecule has 0 saturated carbocycles. The maximum absolute atomic E-state index is 11.6. The molecule has 0 atom stereocenters. The molecule has 0 aliphatic carbocycles. The second-order valence-corrected chi connectivity index (χ2v) is 4.87. The monoisotopic (exact) mass is 335 g/mol. The van der Waals surface area contributed by atoms with Crippen molar-refractivity contribution in [3.8, 4) is 5.75 Å². The molecule has 0 fully saturated rings. The fraction of sp³-hybridized carbons (Fsp3) is 0.200. The summed E-state index contributed by atoms with van der Waals surface area (Å²) < 4.78 is 4.94. The summed E-state index contributed by atoms with van der Waals surface area (Å²) in [4.78, 5) is 44.4. The first kappa shape index (κ1) is 18.7. The standard InChI is InChI=1S/C12H10N2O5.C3H7NO/c1-6(15)13-12(18)14-9-4-7-2-3-8(16)5-10(7)19-11(9)17;1-4(2)3-5/h2-5,16H,1H3,(H2,13,14,15,18);3H,1-2H3. The van der Waals surface area contributed by atoms with Crippen molar-refractivity contribution in [3.05, 3.63) is 34.7 Å². The van der Waals surface area contributed by atoms with Crippen LogP contribution < -0.4 is 16.3 Å². The molecule has 0 bridgehead atoms. The molecule has 0 unspecified atom stereocenters. The molecule has 24 heavy (non-hydrogen) atoms. The van der Waals surface area contributed by atoms with Crippen LogP contribution in [-0.2, 0) is 9.59 Å². The molecule has 1 aromatic heterocycles. The topological polar surface area (TPSA) is 129 Å². The Morgan fingerprint density at radius 3 is 2.42 bits per heavy atom. The molecule has 0 radical (unpaired) electrons. The van der Waals surface area contributed by atoms with Crippen molar-refractivity contribution >= 4 is 35.0 Å². The number of carbonyl (C=O) groups is 3. The molecule has 0 saturated heterocycles. The average molecular weight is 335 g/mol. The van der Waals surface area contributed by atoms with Gasteiger partial charge in [0.1, 0.15) is 17.0 Å². The van der Waals surface area contributed by atoms with Crippen LogP contribution in [0.2, 0.25) is 0 Å². The molecule has 0 spiro atoms. The van der Waals surface area contributed by atoms with E-state index in [1.165, 1.54) is 36.1 Å². The average Bonchev–Trinajstić information content (AvgIpc) is 2.48. The van der Waals surface area contributed by atoms with Crippen LogP contribution in [0.1, 0.15) is 6.92 Å². The van der Waals surface area contributed by atoms with Crippen molar-refractivity contribution in [2.45, 2.75) is 6.92 Å². The number of imide groups is 1. The third-order valence-corrected chi connectivity index (χ3v) is 2.47. The highest BCUT2D eigenvalue weighted by atomic mass is 16.4. The molecule has 0 aliphatic heterocycles. The van der Waals surface area contributed by atoms with Gasteiger partial charge in [-0.1, -0.05) is 0 Å². The number of amides is 4. The number of rotatable bonds is 2. The van der Waals surface area contributed by atoms with E-state index < -0.39 is 17.6 Å². The second kappa shape index (κ2) is 8.32. The molecule has 4 amide bonds. The highest BCUT2D eigenvalue weighted by Gasteiger charge is 2.10. The Hall–Kier alpha value is -3.36. The number of hydrogen-bond acceptors (Lipinski definition) is 6. The number of phenols is 1. The van der Waals surface area contributed by atoms with E-state index in [0.29, 0.717) is 5.39 Å². The van der Waals surface area contributed by atoms with E-state index in [1.807, 2.05) is 5.32 Å². The van der Waals surface area contributed by atoms with Crippen molar-refractivity contribution in [3.63, 3.8) is 0 Å². The number of phenolic OH excluding ortho intramolecular Hbond substituents is 1. The Morgan fingerprint density at radius 2 is 1.88 bits per heavy atom. The molecule has 2 aromatic rings. The molecular weight excluding hydrogens is 318 g/mol. The fourth-order valence-electron chi connectivity index (χ4n) is 1.50. The second-order valence-electron chi connectivity index (χ2n) is 4.87. The van der Waals surface area contributed by atoms with E-state index in [2.05, 4.69) is 5.32 Å². The van der Waals surface area contributed by atoms with Gasteiger partial charge < -0.3 is 19.7 Å². The SMILES string of the molecule is CC(=O)NC(=O)Nc1cc2ccc(O)cc2oc1=O.CN(C)C=O. The third-order valence-electron chi connectivity index (χ3n) is 2.47. The van der Waals surface area contributed by atoms with Gasteiger partial charge in [0.25, 0.3) is 0 Å². The van der Waals surface area contributed by atoms with Crippen LogP contribution in [0, 0.1) is 0 Å². The molecular formula is C15H17N3O6. The number of fused-ring (bicyclic) bond motifs is 1. The summed E-state index contributed by atoms with van der Waals surface area (Å²) in [6.07, 6.45) is 0.750. The first-order valence-corrected chi connectivity index (χ1v) is 6.70. The predicted octanol–water partition coefficient (Wildman–Crippen LogP) is 0.871. The summed E-state index contributed by atoms with van der Waals surface area (Å²) in [5.41, 5.74) is -0.684. The van der Waals surface area contributed by atoms with E-state index in [0.717, 1.165) is 6.41 Å². The lowest BCUT2D eigenvalue weighted by atomic mass is 10.2. The van der Waals surface area contributed by atoms with Crippen LogP contribution in [0.4, 0.5) is 10.5 Å². The van der Waals surface area contributed by atoms with Gasteiger partial charge in [0.2, 0.25) is 12.3 Å². The lowest BCUT2D eigenvalue weighted by Gasteiger charge is -2.05. The van der Waals surface area contributed by atoms with Gasteiger partial charge in [-0.2, -0.15) is 0 Å². The number of anilines is 1. The van der Waals surface area contributed by atoms with E-state index in [9.17, 15) is 24.3 Å². The first-order valence-electron chi connectivity index (χ1n) is 6.70. The van der Waals surface area contributed by atoms with Crippen LogP contribution in [0.15, 0.2) is 33.5 Å². The summed E-state index contributed by atoms with van der Waals surface area (Å²) in [6, 6.07) is 4.80.